The van der Waals surface area contributed by atoms with Gasteiger partial charge in [-0.15, -0.1) is 0 Å². The molecular weight excluding hydrogens is 424 g/mol. The summed E-state index contributed by atoms with van der Waals surface area (Å²) in [5.41, 5.74) is 3.27. The third kappa shape index (κ3) is 4.43. The number of hydrogen-bond donors (Lipinski definition) is 1. The summed E-state index contributed by atoms with van der Waals surface area (Å²) in [6, 6.07) is 1.86. The summed E-state index contributed by atoms with van der Waals surface area (Å²) in [4.78, 5) is 14.9. The van der Waals surface area contributed by atoms with Crippen molar-refractivity contribution in [2.45, 2.75) is 82.0 Å². The van der Waals surface area contributed by atoms with Crippen LogP contribution in [0.1, 0.15) is 54.4 Å². The number of sulfonamides is 1. The molecule has 2 aliphatic rings. The fourth-order valence-corrected chi connectivity index (χ4v) is 7.75. The van der Waals surface area contributed by atoms with Gasteiger partial charge in [0.25, 0.3) is 0 Å². The Morgan fingerprint density at radius 1 is 1.00 bits per heavy atom. The van der Waals surface area contributed by atoms with Crippen molar-refractivity contribution in [3.8, 4) is 0 Å². The van der Waals surface area contributed by atoms with Gasteiger partial charge in [0.15, 0.2) is 0 Å². The molecule has 30 heavy (non-hydrogen) atoms. The van der Waals surface area contributed by atoms with E-state index in [0.29, 0.717) is 17.7 Å². The van der Waals surface area contributed by atoms with Gasteiger partial charge in [-0.1, -0.05) is 6.07 Å². The summed E-state index contributed by atoms with van der Waals surface area (Å²) in [5.74, 6) is -0.106. The van der Waals surface area contributed by atoms with E-state index < -0.39 is 19.9 Å². The van der Waals surface area contributed by atoms with Gasteiger partial charge in [-0.2, -0.15) is 0 Å². The number of nitrogens with zero attached hydrogens (tertiary/aromatic N) is 1. The maximum absolute atomic E-state index is 12.9. The van der Waals surface area contributed by atoms with Crippen molar-refractivity contribution >= 4 is 25.8 Å². The van der Waals surface area contributed by atoms with Gasteiger partial charge in [0.1, 0.15) is 9.84 Å². The zero-order valence-electron chi connectivity index (χ0n) is 18.4. The summed E-state index contributed by atoms with van der Waals surface area (Å²) >= 11 is 0. The van der Waals surface area contributed by atoms with E-state index in [1.54, 1.807) is 13.8 Å². The molecule has 1 aromatic carbocycles. The van der Waals surface area contributed by atoms with E-state index in [2.05, 4.69) is 4.72 Å². The number of piperidine rings is 1. The highest BCUT2D eigenvalue weighted by molar-refractivity contribution is 7.91. The van der Waals surface area contributed by atoms with Crippen LogP contribution in [0.2, 0.25) is 0 Å². The Kier molecular flexibility index (Phi) is 6.38. The predicted octanol–water partition coefficient (Wildman–Crippen LogP) is 2.16. The number of sulfone groups is 1. The van der Waals surface area contributed by atoms with Crippen molar-refractivity contribution in [1.82, 2.24) is 9.62 Å². The molecule has 7 nitrogen and oxygen atoms in total. The Morgan fingerprint density at radius 3 is 1.97 bits per heavy atom. The van der Waals surface area contributed by atoms with Gasteiger partial charge in [-0.3, -0.25) is 4.79 Å². The minimum atomic E-state index is -3.73. The van der Waals surface area contributed by atoms with Gasteiger partial charge in [0, 0.05) is 31.3 Å². The number of amides is 1. The lowest BCUT2D eigenvalue weighted by Crippen LogP contribution is -2.50. The summed E-state index contributed by atoms with van der Waals surface area (Å²) < 4.78 is 52.3. The van der Waals surface area contributed by atoms with E-state index in [9.17, 15) is 21.6 Å². The van der Waals surface area contributed by atoms with Crippen LogP contribution in [-0.2, 0) is 24.7 Å². The highest BCUT2D eigenvalue weighted by Crippen LogP contribution is 2.38. The average Bonchev–Trinajstić information content (AvgIpc) is 2.88. The van der Waals surface area contributed by atoms with Crippen molar-refractivity contribution in [2.75, 3.05) is 12.8 Å². The van der Waals surface area contributed by atoms with Gasteiger partial charge < -0.3 is 4.90 Å². The first-order valence-electron chi connectivity index (χ1n) is 10.4. The number of hydrogen-bond acceptors (Lipinski definition) is 5. The molecule has 2 aliphatic heterocycles. The van der Waals surface area contributed by atoms with Crippen LogP contribution < -0.4 is 4.72 Å². The second-order valence-electron chi connectivity index (χ2n) is 8.85. The van der Waals surface area contributed by atoms with Crippen molar-refractivity contribution in [3.63, 3.8) is 0 Å². The molecule has 9 heteroatoms. The van der Waals surface area contributed by atoms with Crippen molar-refractivity contribution < 1.29 is 21.6 Å². The van der Waals surface area contributed by atoms with Crippen molar-refractivity contribution in [2.24, 2.45) is 0 Å². The fraction of sp³-hybridized carbons (Fsp3) is 0.667. The Morgan fingerprint density at radius 2 is 1.50 bits per heavy atom. The van der Waals surface area contributed by atoms with Crippen molar-refractivity contribution in [1.29, 1.82) is 0 Å². The quantitative estimate of drug-likeness (QED) is 0.707. The molecule has 0 radical (unpaired) electrons. The lowest BCUT2D eigenvalue weighted by molar-refractivity contribution is -0.135. The molecular formula is C21H32N2O5S2. The Labute approximate surface area is 180 Å². The van der Waals surface area contributed by atoms with Gasteiger partial charge >= 0.3 is 0 Å². The highest BCUT2D eigenvalue weighted by atomic mass is 32.2. The molecule has 2 saturated heterocycles. The van der Waals surface area contributed by atoms with Crippen LogP contribution in [0.4, 0.5) is 0 Å². The first-order chi connectivity index (χ1) is 13.8. The maximum atomic E-state index is 12.9. The number of fused-ring (bicyclic) bond motifs is 2. The second kappa shape index (κ2) is 8.24. The third-order valence-electron chi connectivity index (χ3n) is 6.78. The van der Waals surface area contributed by atoms with Crippen LogP contribution in [0.5, 0.6) is 0 Å². The maximum Gasteiger partial charge on any atom is 0.241 e. The molecule has 2 atom stereocenters. The van der Waals surface area contributed by atoms with Crippen LogP contribution in [0.25, 0.3) is 0 Å². The van der Waals surface area contributed by atoms with Crippen LogP contribution in [0.15, 0.2) is 11.0 Å². The number of carbonyl (C=O) groups excluding carboxylic acids is 1. The summed E-state index contributed by atoms with van der Waals surface area (Å²) in [6.07, 6.45) is 3.92. The van der Waals surface area contributed by atoms with Gasteiger partial charge in [0.05, 0.1) is 10.1 Å². The zero-order valence-corrected chi connectivity index (χ0v) is 20.0. The van der Waals surface area contributed by atoms with Gasteiger partial charge in [0.2, 0.25) is 15.9 Å². The standard InChI is InChI=1S/C21H32N2O5S2/c1-13-10-14(2)16(4)21(15(13)3)30(27,28)22-9-8-20(24)23-17-6-7-18(23)12-19(11-17)29(5,25)26/h10,17-19,22H,6-9,11-12H2,1-5H3. The lowest BCUT2D eigenvalue weighted by Gasteiger charge is -2.38. The second-order valence-corrected chi connectivity index (χ2v) is 12.9. The van der Waals surface area contributed by atoms with E-state index in [0.717, 1.165) is 35.1 Å². The SMILES string of the molecule is Cc1cc(C)c(C)c(S(=O)(=O)NCCC(=O)N2C3CCC2CC(S(C)(=O)=O)C3)c1C. The summed E-state index contributed by atoms with van der Waals surface area (Å²) in [6.45, 7) is 7.40. The molecule has 168 valence electrons. The molecule has 1 amide bonds. The van der Waals surface area contributed by atoms with Gasteiger partial charge in [-0.05, 0) is 75.6 Å². The van der Waals surface area contributed by atoms with Crippen LogP contribution in [-0.4, -0.2) is 57.8 Å². The topological polar surface area (TPSA) is 101 Å². The Balaban J connectivity index is 1.66. The molecule has 3 rings (SSSR count). The average molecular weight is 457 g/mol. The molecule has 0 saturated carbocycles. The summed E-state index contributed by atoms with van der Waals surface area (Å²) in [5, 5.41) is -0.381. The number of carbonyl (C=O) groups is 1. The Hall–Kier alpha value is -1.45. The van der Waals surface area contributed by atoms with Gasteiger partial charge in [-0.25, -0.2) is 21.6 Å². The largest absolute Gasteiger partial charge is 0.337 e. The van der Waals surface area contributed by atoms with E-state index in [1.165, 1.54) is 6.26 Å². The van der Waals surface area contributed by atoms with E-state index in [1.807, 2.05) is 24.8 Å². The molecule has 2 bridgehead atoms. The van der Waals surface area contributed by atoms with E-state index in [-0.39, 0.29) is 36.2 Å². The van der Waals surface area contributed by atoms with Crippen molar-refractivity contribution in [3.05, 3.63) is 28.3 Å². The van der Waals surface area contributed by atoms with Crippen LogP contribution >= 0.6 is 0 Å². The molecule has 1 aromatic rings. The molecule has 2 unspecified atom stereocenters. The van der Waals surface area contributed by atoms with E-state index in [4.69, 9.17) is 0 Å². The molecule has 1 N–H and O–H groups in total. The lowest BCUT2D eigenvalue weighted by atomic mass is 10.0. The van der Waals surface area contributed by atoms with Crippen LogP contribution in [0.3, 0.4) is 0 Å². The predicted molar refractivity (Wildman–Crippen MR) is 117 cm³/mol. The number of rotatable bonds is 6. The molecule has 0 spiro atoms. The minimum absolute atomic E-state index is 0.0263. The molecule has 2 heterocycles. The number of aryl methyl sites for hydroxylation is 2. The normalized spacial score (nSPS) is 24.3. The number of benzene rings is 1. The molecule has 2 fully saturated rings. The first kappa shape index (κ1) is 23.2. The number of nitrogens with one attached hydrogen (secondary N) is 1. The van der Waals surface area contributed by atoms with E-state index >= 15 is 0 Å². The first-order valence-corrected chi connectivity index (χ1v) is 13.8. The minimum Gasteiger partial charge on any atom is -0.337 e. The molecule has 0 aromatic heterocycles. The zero-order chi connectivity index (χ0) is 22.4. The monoisotopic (exact) mass is 456 g/mol. The molecule has 0 aliphatic carbocycles. The van der Waals surface area contributed by atoms with Crippen LogP contribution in [0, 0.1) is 27.7 Å². The Bertz CT molecular complexity index is 1020. The third-order valence-corrected chi connectivity index (χ3v) is 10.1. The highest BCUT2D eigenvalue weighted by Gasteiger charge is 2.45. The smallest absolute Gasteiger partial charge is 0.241 e. The fourth-order valence-electron chi connectivity index (χ4n) is 4.96. The summed E-state index contributed by atoms with van der Waals surface area (Å²) in [7, 11) is -6.85.